The maximum Gasteiger partial charge on any atom is 0.286 e. The SMILES string of the molecule is Cc1ccc(C(=O)N2CCC[C@H]2c2nnc(C(=O)Nc3ccc4c(c3)OCO4)s2)cc1. The summed E-state index contributed by atoms with van der Waals surface area (Å²) in [5.74, 6) is 0.865. The van der Waals surface area contributed by atoms with Gasteiger partial charge in [-0.05, 0) is 44.0 Å². The highest BCUT2D eigenvalue weighted by molar-refractivity contribution is 7.13. The number of benzene rings is 2. The molecule has 2 aliphatic rings. The van der Waals surface area contributed by atoms with Crippen LogP contribution in [0.1, 0.15) is 49.6 Å². The molecule has 158 valence electrons. The van der Waals surface area contributed by atoms with Crippen LogP contribution in [-0.4, -0.2) is 40.2 Å². The average molecular weight is 436 g/mol. The number of nitrogens with zero attached hydrogens (tertiary/aromatic N) is 3. The monoisotopic (exact) mass is 436 g/mol. The Balaban J connectivity index is 1.30. The van der Waals surface area contributed by atoms with Gasteiger partial charge in [-0.15, -0.1) is 10.2 Å². The molecule has 1 N–H and O–H groups in total. The molecule has 1 saturated heterocycles. The summed E-state index contributed by atoms with van der Waals surface area (Å²) in [6, 6.07) is 12.6. The smallest absolute Gasteiger partial charge is 0.286 e. The number of carbonyl (C=O) groups is 2. The van der Waals surface area contributed by atoms with E-state index in [9.17, 15) is 9.59 Å². The quantitative estimate of drug-likeness (QED) is 0.669. The summed E-state index contributed by atoms with van der Waals surface area (Å²) in [7, 11) is 0. The molecule has 0 radical (unpaired) electrons. The Hall–Kier alpha value is -3.46. The maximum atomic E-state index is 13.0. The average Bonchev–Trinajstić information content (AvgIpc) is 3.53. The number of nitrogens with one attached hydrogen (secondary N) is 1. The third kappa shape index (κ3) is 3.84. The second kappa shape index (κ2) is 7.99. The molecular weight excluding hydrogens is 416 g/mol. The van der Waals surface area contributed by atoms with Crippen LogP contribution in [0, 0.1) is 6.92 Å². The van der Waals surface area contributed by atoms with Crippen LogP contribution >= 0.6 is 11.3 Å². The van der Waals surface area contributed by atoms with Gasteiger partial charge in [-0.25, -0.2) is 0 Å². The van der Waals surface area contributed by atoms with Gasteiger partial charge in [0.15, 0.2) is 11.5 Å². The number of carbonyl (C=O) groups excluding carboxylic acids is 2. The van der Waals surface area contributed by atoms with E-state index in [1.54, 1.807) is 18.2 Å². The van der Waals surface area contributed by atoms with Gasteiger partial charge in [0.1, 0.15) is 5.01 Å². The lowest BCUT2D eigenvalue weighted by Crippen LogP contribution is -2.30. The lowest BCUT2D eigenvalue weighted by atomic mass is 10.1. The number of rotatable bonds is 4. The number of hydrogen-bond acceptors (Lipinski definition) is 7. The maximum absolute atomic E-state index is 13.0. The van der Waals surface area contributed by atoms with Crippen LogP contribution in [0.2, 0.25) is 0 Å². The van der Waals surface area contributed by atoms with Gasteiger partial charge in [0, 0.05) is 23.9 Å². The van der Waals surface area contributed by atoms with E-state index in [2.05, 4.69) is 15.5 Å². The summed E-state index contributed by atoms with van der Waals surface area (Å²) in [5, 5.41) is 12.0. The molecule has 1 fully saturated rings. The Bertz CT molecular complexity index is 1140. The standard InChI is InChI=1S/C22H20N4O4S/c1-13-4-6-14(7-5-13)22(28)26-10-2-3-16(26)20-24-25-21(31-20)19(27)23-15-8-9-17-18(11-15)30-12-29-17/h4-9,11,16H,2-3,10,12H2,1H3,(H,23,27)/t16-/m0/s1. The van der Waals surface area contributed by atoms with E-state index in [4.69, 9.17) is 9.47 Å². The molecule has 0 aliphatic carbocycles. The highest BCUT2D eigenvalue weighted by Crippen LogP contribution is 2.36. The molecule has 1 aromatic heterocycles. The minimum Gasteiger partial charge on any atom is -0.454 e. The van der Waals surface area contributed by atoms with Crippen LogP contribution in [0.5, 0.6) is 11.5 Å². The minimum atomic E-state index is -0.350. The molecule has 0 saturated carbocycles. The molecule has 8 nitrogen and oxygen atoms in total. The topological polar surface area (TPSA) is 93.7 Å². The van der Waals surface area contributed by atoms with Gasteiger partial charge in [0.2, 0.25) is 11.8 Å². The Kier molecular flexibility index (Phi) is 5.03. The van der Waals surface area contributed by atoms with Crippen molar-refractivity contribution in [3.63, 3.8) is 0 Å². The van der Waals surface area contributed by atoms with E-state index in [0.717, 1.165) is 18.4 Å². The first kappa shape index (κ1) is 19.5. The van der Waals surface area contributed by atoms with Gasteiger partial charge < -0.3 is 19.7 Å². The molecule has 0 unspecified atom stereocenters. The number of fused-ring (bicyclic) bond motifs is 1. The number of aromatic nitrogens is 2. The first-order chi connectivity index (χ1) is 15.1. The van der Waals surface area contributed by atoms with Gasteiger partial charge >= 0.3 is 0 Å². The number of amides is 2. The summed E-state index contributed by atoms with van der Waals surface area (Å²) in [4.78, 5) is 27.5. The zero-order valence-corrected chi connectivity index (χ0v) is 17.6. The lowest BCUT2D eigenvalue weighted by molar-refractivity contribution is 0.0735. The fourth-order valence-electron chi connectivity index (χ4n) is 3.75. The van der Waals surface area contributed by atoms with E-state index >= 15 is 0 Å². The Morgan fingerprint density at radius 3 is 2.74 bits per heavy atom. The Morgan fingerprint density at radius 2 is 1.90 bits per heavy atom. The molecule has 9 heteroatoms. The molecule has 0 bridgehead atoms. The second-order valence-corrected chi connectivity index (χ2v) is 8.50. The summed E-state index contributed by atoms with van der Waals surface area (Å²) in [5.41, 5.74) is 2.35. The second-order valence-electron chi connectivity index (χ2n) is 7.49. The van der Waals surface area contributed by atoms with Gasteiger partial charge in [-0.3, -0.25) is 9.59 Å². The molecular formula is C22H20N4O4S. The van der Waals surface area contributed by atoms with E-state index in [1.165, 1.54) is 11.3 Å². The summed E-state index contributed by atoms with van der Waals surface area (Å²) in [6.07, 6.45) is 1.69. The normalized spacial score (nSPS) is 17.1. The van der Waals surface area contributed by atoms with Crippen molar-refractivity contribution in [2.75, 3.05) is 18.7 Å². The molecule has 2 aliphatic heterocycles. The van der Waals surface area contributed by atoms with E-state index in [-0.39, 0.29) is 29.7 Å². The molecule has 5 rings (SSSR count). The van der Waals surface area contributed by atoms with E-state index in [0.29, 0.717) is 34.3 Å². The Labute approximate surface area is 182 Å². The van der Waals surface area contributed by atoms with Crippen molar-refractivity contribution >= 4 is 28.8 Å². The van der Waals surface area contributed by atoms with Gasteiger partial charge in [-0.2, -0.15) is 0 Å². The van der Waals surface area contributed by atoms with Crippen molar-refractivity contribution in [3.05, 3.63) is 63.6 Å². The van der Waals surface area contributed by atoms with Crippen LogP contribution in [0.4, 0.5) is 5.69 Å². The number of hydrogen-bond donors (Lipinski definition) is 1. The van der Waals surface area contributed by atoms with Gasteiger partial charge in [-0.1, -0.05) is 29.0 Å². The third-order valence-corrected chi connectivity index (χ3v) is 6.39. The summed E-state index contributed by atoms with van der Waals surface area (Å²) in [6.45, 7) is 2.83. The van der Waals surface area contributed by atoms with Crippen LogP contribution in [-0.2, 0) is 0 Å². The van der Waals surface area contributed by atoms with Crippen molar-refractivity contribution in [2.24, 2.45) is 0 Å². The highest BCUT2D eigenvalue weighted by Gasteiger charge is 2.33. The predicted molar refractivity (Wildman–Crippen MR) is 115 cm³/mol. The summed E-state index contributed by atoms with van der Waals surface area (Å²) >= 11 is 1.22. The van der Waals surface area contributed by atoms with Crippen molar-refractivity contribution in [1.82, 2.24) is 15.1 Å². The Morgan fingerprint density at radius 1 is 1.10 bits per heavy atom. The fourth-order valence-corrected chi connectivity index (χ4v) is 4.63. The van der Waals surface area contributed by atoms with Crippen LogP contribution in [0.3, 0.4) is 0 Å². The zero-order valence-electron chi connectivity index (χ0n) is 16.8. The van der Waals surface area contributed by atoms with Crippen LogP contribution in [0.25, 0.3) is 0 Å². The third-order valence-electron chi connectivity index (χ3n) is 5.36. The first-order valence-electron chi connectivity index (χ1n) is 10.0. The molecule has 1 atom stereocenters. The van der Waals surface area contributed by atoms with Gasteiger partial charge in [0.05, 0.1) is 6.04 Å². The van der Waals surface area contributed by atoms with E-state index in [1.807, 2.05) is 36.1 Å². The van der Waals surface area contributed by atoms with Crippen molar-refractivity contribution in [1.29, 1.82) is 0 Å². The first-order valence-corrected chi connectivity index (χ1v) is 10.8. The van der Waals surface area contributed by atoms with Crippen LogP contribution < -0.4 is 14.8 Å². The van der Waals surface area contributed by atoms with E-state index < -0.39 is 0 Å². The number of likely N-dealkylation sites (tertiary alicyclic amines) is 1. The molecule has 2 aromatic carbocycles. The minimum absolute atomic E-state index is 0.0240. The number of anilines is 1. The molecule has 2 amide bonds. The predicted octanol–water partition coefficient (Wildman–Crippen LogP) is 3.80. The highest BCUT2D eigenvalue weighted by atomic mass is 32.1. The van der Waals surface area contributed by atoms with Crippen molar-refractivity contribution in [2.45, 2.75) is 25.8 Å². The van der Waals surface area contributed by atoms with Crippen LogP contribution in [0.15, 0.2) is 42.5 Å². The molecule has 3 heterocycles. The largest absolute Gasteiger partial charge is 0.454 e. The fraction of sp³-hybridized carbons (Fsp3) is 0.273. The molecule has 0 spiro atoms. The summed E-state index contributed by atoms with van der Waals surface area (Å²) < 4.78 is 10.6. The van der Waals surface area contributed by atoms with Gasteiger partial charge in [0.25, 0.3) is 11.8 Å². The number of ether oxygens (including phenoxy) is 2. The lowest BCUT2D eigenvalue weighted by Gasteiger charge is -2.22. The molecule has 3 aromatic rings. The number of aryl methyl sites for hydroxylation is 1. The van der Waals surface area contributed by atoms with Crippen molar-refractivity contribution in [3.8, 4) is 11.5 Å². The zero-order chi connectivity index (χ0) is 21.4. The van der Waals surface area contributed by atoms with Crippen molar-refractivity contribution < 1.29 is 19.1 Å². The molecule has 31 heavy (non-hydrogen) atoms.